The predicted molar refractivity (Wildman–Crippen MR) is 116 cm³/mol. The maximum absolute atomic E-state index is 14.9. The van der Waals surface area contributed by atoms with Crippen LogP contribution < -0.4 is 10.5 Å². The van der Waals surface area contributed by atoms with Gasteiger partial charge in [0, 0.05) is 28.6 Å². The summed E-state index contributed by atoms with van der Waals surface area (Å²) in [6, 6.07) is 7.36. The fraction of sp³-hybridized carbons (Fsp3) is 0.0476. The molecule has 2 aromatic carbocycles. The lowest BCUT2D eigenvalue weighted by Crippen LogP contribution is -2.15. The Balaban J connectivity index is 1.98. The highest BCUT2D eigenvalue weighted by Gasteiger charge is 2.20. The Hall–Kier alpha value is -3.48. The number of nitrogens with two attached hydrogens (primary N) is 1. The zero-order valence-electron chi connectivity index (χ0n) is 16.0. The molecule has 1 aromatic heterocycles. The molecule has 0 amide bonds. The van der Waals surface area contributed by atoms with Crippen LogP contribution in [0.4, 0.5) is 20.3 Å². The van der Waals surface area contributed by atoms with Crippen molar-refractivity contribution >= 4 is 39.3 Å². The van der Waals surface area contributed by atoms with E-state index in [1.807, 2.05) is 0 Å². The number of aryl methyl sites for hydroxylation is 1. The van der Waals surface area contributed by atoms with E-state index < -0.39 is 32.9 Å². The van der Waals surface area contributed by atoms with Gasteiger partial charge in [-0.25, -0.2) is 22.2 Å². The first kappa shape index (κ1) is 22.2. The van der Waals surface area contributed by atoms with Crippen LogP contribution in [-0.4, -0.2) is 19.6 Å². The summed E-state index contributed by atoms with van der Waals surface area (Å²) >= 11 is 5.97. The molecule has 1 heterocycles. The molecule has 4 N–H and O–H groups in total. The normalized spacial score (nSPS) is 10.8. The molecule has 0 radical (unpaired) electrons. The van der Waals surface area contributed by atoms with Crippen molar-refractivity contribution in [2.45, 2.75) is 11.8 Å². The van der Waals surface area contributed by atoms with Crippen LogP contribution in [0, 0.1) is 35.8 Å². The number of aromatic nitrogens is 1. The van der Waals surface area contributed by atoms with E-state index in [4.69, 9.17) is 22.7 Å². The third-order valence-corrected chi connectivity index (χ3v) is 6.00. The zero-order chi connectivity index (χ0) is 22.8. The van der Waals surface area contributed by atoms with E-state index in [0.717, 1.165) is 18.3 Å². The zero-order valence-corrected chi connectivity index (χ0v) is 17.6. The molecule has 3 rings (SSSR count). The van der Waals surface area contributed by atoms with Gasteiger partial charge in [0.2, 0.25) is 0 Å². The van der Waals surface area contributed by atoms with Gasteiger partial charge in [-0.15, -0.1) is 0 Å². The first-order chi connectivity index (χ1) is 14.6. The Labute approximate surface area is 182 Å². The average molecular weight is 461 g/mol. The Bertz CT molecular complexity index is 1370. The Morgan fingerprint density at radius 2 is 1.94 bits per heavy atom. The summed E-state index contributed by atoms with van der Waals surface area (Å²) in [7, 11) is -4.18. The Morgan fingerprint density at radius 1 is 1.19 bits per heavy atom. The van der Waals surface area contributed by atoms with Crippen LogP contribution >= 0.6 is 11.6 Å². The molecule has 0 aliphatic rings. The number of nitrogens with one attached hydrogen (secondary N) is 2. The van der Waals surface area contributed by atoms with E-state index in [1.54, 1.807) is 6.92 Å². The lowest BCUT2D eigenvalue weighted by atomic mass is 10.1. The van der Waals surface area contributed by atoms with Crippen molar-refractivity contribution in [1.82, 2.24) is 4.98 Å². The van der Waals surface area contributed by atoms with Crippen molar-refractivity contribution in [3.8, 4) is 11.8 Å². The molecule has 0 fully saturated rings. The van der Waals surface area contributed by atoms with Gasteiger partial charge in [0.1, 0.15) is 11.6 Å². The maximum Gasteiger partial charge on any atom is 0.262 e. The van der Waals surface area contributed by atoms with Crippen LogP contribution in [-0.2, 0) is 10.0 Å². The van der Waals surface area contributed by atoms with Crippen LogP contribution in [0.2, 0.25) is 5.02 Å². The van der Waals surface area contributed by atoms with E-state index >= 15 is 0 Å². The summed E-state index contributed by atoms with van der Waals surface area (Å²) in [6.07, 6.45) is 2.26. The molecule has 158 valence electrons. The molecule has 0 spiro atoms. The van der Waals surface area contributed by atoms with Gasteiger partial charge >= 0.3 is 0 Å². The number of nitrogen functional groups attached to an aromatic ring is 1. The van der Waals surface area contributed by atoms with Crippen LogP contribution in [0.1, 0.15) is 22.3 Å². The molecule has 6 nitrogen and oxygen atoms in total. The van der Waals surface area contributed by atoms with Gasteiger partial charge in [0.05, 0.1) is 16.1 Å². The number of nitrogens with zero attached hydrogens (tertiary/aromatic N) is 1. The fourth-order valence-electron chi connectivity index (χ4n) is 2.50. The van der Waals surface area contributed by atoms with E-state index in [2.05, 4.69) is 21.5 Å². The second-order valence-electron chi connectivity index (χ2n) is 6.39. The molecule has 10 heteroatoms. The Kier molecular flexibility index (Phi) is 6.24. The lowest BCUT2D eigenvalue weighted by molar-refractivity contribution is 0.578. The number of hydrogen-bond donors (Lipinski definition) is 3. The topological polar surface area (TPSA) is 109 Å². The number of sulfonamides is 1. The van der Waals surface area contributed by atoms with Gasteiger partial charge in [-0.3, -0.25) is 4.72 Å². The van der Waals surface area contributed by atoms with Gasteiger partial charge in [0.25, 0.3) is 10.0 Å². The first-order valence-electron chi connectivity index (χ1n) is 8.67. The van der Waals surface area contributed by atoms with Gasteiger partial charge in [0.15, 0.2) is 5.82 Å². The molecule has 0 bridgehead atoms. The average Bonchev–Trinajstić information content (AvgIpc) is 2.73. The molecule has 0 aliphatic heterocycles. The minimum Gasteiger partial charge on any atom is -0.383 e. The molecule has 3 aromatic rings. The summed E-state index contributed by atoms with van der Waals surface area (Å²) in [5, 5.41) is 7.50. The molecule has 0 unspecified atom stereocenters. The minimum atomic E-state index is -4.18. The monoisotopic (exact) mass is 460 g/mol. The highest BCUT2D eigenvalue weighted by molar-refractivity contribution is 7.92. The smallest absolute Gasteiger partial charge is 0.262 e. The quantitative estimate of drug-likeness (QED) is 0.402. The summed E-state index contributed by atoms with van der Waals surface area (Å²) in [5.74, 6) is 2.84. The highest BCUT2D eigenvalue weighted by atomic mass is 35.5. The molecule has 0 saturated heterocycles. The number of halogens is 3. The number of pyridine rings is 1. The molecule has 0 aliphatic carbocycles. The summed E-state index contributed by atoms with van der Waals surface area (Å²) in [4.78, 5) is 3.68. The second kappa shape index (κ2) is 8.71. The highest BCUT2D eigenvalue weighted by Crippen LogP contribution is 2.26. The Morgan fingerprint density at radius 3 is 2.61 bits per heavy atom. The standard InChI is InChI=1S/C21H15ClF2N4O2S/c1-12-2-4-15(9-17(12)22)31(29,30)28-19-7-6-18(23)16(20(19)24)5-3-13-8-14(10-25)21(26)27-11-13/h2,4,6-11,25,28H,1H3,(H2,26,27). The maximum atomic E-state index is 14.9. The second-order valence-corrected chi connectivity index (χ2v) is 8.48. The molecular weight excluding hydrogens is 446 g/mol. The SMILES string of the molecule is Cc1ccc(S(=O)(=O)Nc2ccc(F)c(C#Cc3cnc(N)c(C=N)c3)c2F)cc1Cl. The van der Waals surface area contributed by atoms with Crippen LogP contribution in [0.3, 0.4) is 0 Å². The van der Waals surface area contributed by atoms with E-state index in [-0.39, 0.29) is 21.3 Å². The van der Waals surface area contributed by atoms with Crippen molar-refractivity contribution in [2.75, 3.05) is 10.5 Å². The number of benzene rings is 2. The summed E-state index contributed by atoms with van der Waals surface area (Å²) in [5.41, 5.74) is 5.74. The van der Waals surface area contributed by atoms with Crippen LogP contribution in [0.5, 0.6) is 0 Å². The largest absolute Gasteiger partial charge is 0.383 e. The third kappa shape index (κ3) is 4.82. The van der Waals surface area contributed by atoms with Crippen molar-refractivity contribution < 1.29 is 17.2 Å². The van der Waals surface area contributed by atoms with Gasteiger partial charge in [-0.2, -0.15) is 0 Å². The molecule has 31 heavy (non-hydrogen) atoms. The lowest BCUT2D eigenvalue weighted by Gasteiger charge is -2.11. The van der Waals surface area contributed by atoms with Crippen molar-refractivity contribution in [3.63, 3.8) is 0 Å². The number of anilines is 2. The summed E-state index contributed by atoms with van der Waals surface area (Å²) < 4.78 is 56.3. The molecule has 0 saturated carbocycles. The fourth-order valence-corrected chi connectivity index (χ4v) is 3.83. The van der Waals surface area contributed by atoms with Crippen molar-refractivity contribution in [1.29, 1.82) is 5.41 Å². The third-order valence-electron chi connectivity index (χ3n) is 4.23. The predicted octanol–water partition coefficient (Wildman–Crippen LogP) is 4.10. The van der Waals surface area contributed by atoms with Crippen molar-refractivity contribution in [3.05, 3.63) is 81.5 Å². The number of rotatable bonds is 4. The van der Waals surface area contributed by atoms with Gasteiger partial charge in [-0.05, 0) is 42.8 Å². The first-order valence-corrected chi connectivity index (χ1v) is 10.5. The van der Waals surface area contributed by atoms with Crippen LogP contribution in [0.25, 0.3) is 0 Å². The number of hydrogen-bond acceptors (Lipinski definition) is 5. The van der Waals surface area contributed by atoms with Crippen molar-refractivity contribution in [2.24, 2.45) is 0 Å². The van der Waals surface area contributed by atoms with Crippen LogP contribution in [0.15, 0.2) is 47.5 Å². The molecule has 0 atom stereocenters. The van der Waals surface area contributed by atoms with E-state index in [0.29, 0.717) is 11.1 Å². The van der Waals surface area contributed by atoms with Gasteiger partial charge in [-0.1, -0.05) is 29.5 Å². The summed E-state index contributed by atoms with van der Waals surface area (Å²) in [6.45, 7) is 1.71. The van der Waals surface area contributed by atoms with Gasteiger partial charge < -0.3 is 11.1 Å². The minimum absolute atomic E-state index is 0.116. The molecular formula is C21H15ClF2N4O2S. The van der Waals surface area contributed by atoms with E-state index in [1.165, 1.54) is 30.5 Å². The van der Waals surface area contributed by atoms with E-state index in [9.17, 15) is 17.2 Å².